The van der Waals surface area contributed by atoms with E-state index >= 15 is 0 Å². The van der Waals surface area contributed by atoms with Crippen molar-refractivity contribution in [1.29, 1.82) is 0 Å². The highest BCUT2D eigenvalue weighted by Gasteiger charge is 2.05. The van der Waals surface area contributed by atoms with Crippen molar-refractivity contribution in [2.75, 3.05) is 11.9 Å². The normalized spacial score (nSPS) is 10.9. The molecule has 0 bridgehead atoms. The summed E-state index contributed by atoms with van der Waals surface area (Å²) in [6.45, 7) is 8.18. The molecule has 0 unspecified atom stereocenters. The molecule has 0 aliphatic rings. The fourth-order valence-electron chi connectivity index (χ4n) is 2.15. The van der Waals surface area contributed by atoms with Gasteiger partial charge in [0.15, 0.2) is 0 Å². The third kappa shape index (κ3) is 4.87. The summed E-state index contributed by atoms with van der Waals surface area (Å²) in [6, 6.07) is 13.4. The van der Waals surface area contributed by atoms with Gasteiger partial charge in [-0.1, -0.05) is 43.7 Å². The van der Waals surface area contributed by atoms with Crippen molar-refractivity contribution in [3.05, 3.63) is 59.3 Å². The molecule has 0 spiro atoms. The summed E-state index contributed by atoms with van der Waals surface area (Å²) in [7, 11) is 2.09. The van der Waals surface area contributed by atoms with Crippen molar-refractivity contribution >= 4 is 5.82 Å². The number of nitrogens with zero attached hydrogens (tertiary/aromatic N) is 2. The quantitative estimate of drug-likeness (QED) is 0.879. The van der Waals surface area contributed by atoms with E-state index in [2.05, 4.69) is 79.4 Å². The Morgan fingerprint density at radius 3 is 2.48 bits per heavy atom. The number of nitrogens with one attached hydrogen (secondary N) is 1. The highest BCUT2D eigenvalue weighted by Crippen LogP contribution is 2.15. The fourth-order valence-corrected chi connectivity index (χ4v) is 2.15. The van der Waals surface area contributed by atoms with E-state index < -0.39 is 0 Å². The number of anilines is 1. The van der Waals surface area contributed by atoms with Gasteiger partial charge in [0.05, 0.1) is 0 Å². The average Bonchev–Trinajstić information content (AvgIpc) is 2.48. The molecule has 1 aromatic heterocycles. The molecule has 0 saturated carbocycles. The predicted molar refractivity (Wildman–Crippen MR) is 89.5 cm³/mol. The second kappa shape index (κ2) is 7.23. The second-order valence-corrected chi connectivity index (χ2v) is 5.90. The molecule has 1 N–H and O–H groups in total. The van der Waals surface area contributed by atoms with Crippen LogP contribution in [0, 0.1) is 6.92 Å². The van der Waals surface area contributed by atoms with E-state index in [1.165, 1.54) is 16.7 Å². The molecule has 0 atom stereocenters. The van der Waals surface area contributed by atoms with E-state index in [-0.39, 0.29) is 0 Å². The van der Waals surface area contributed by atoms with Crippen molar-refractivity contribution in [2.45, 2.75) is 39.9 Å². The number of hydrogen-bond donors (Lipinski definition) is 1. The molecule has 2 aromatic rings. The van der Waals surface area contributed by atoms with E-state index in [9.17, 15) is 0 Å². The van der Waals surface area contributed by atoms with Gasteiger partial charge in [-0.05, 0) is 30.2 Å². The van der Waals surface area contributed by atoms with Crippen molar-refractivity contribution in [1.82, 2.24) is 10.3 Å². The molecule has 2 rings (SSSR count). The zero-order valence-electron chi connectivity index (χ0n) is 13.4. The Hall–Kier alpha value is -1.87. The minimum atomic E-state index is 0.493. The lowest BCUT2D eigenvalue weighted by molar-refractivity contribution is 0.588. The average molecular weight is 283 g/mol. The summed E-state index contributed by atoms with van der Waals surface area (Å²) in [5, 5.41) is 3.44. The zero-order chi connectivity index (χ0) is 15.2. The van der Waals surface area contributed by atoms with E-state index in [0.29, 0.717) is 6.04 Å². The van der Waals surface area contributed by atoms with Crippen LogP contribution in [0.1, 0.15) is 30.5 Å². The number of aromatic nitrogens is 1. The summed E-state index contributed by atoms with van der Waals surface area (Å²) in [4.78, 5) is 6.66. The molecule has 21 heavy (non-hydrogen) atoms. The SMILES string of the molecule is Cc1ccc(CN(C)c2cc(CNC(C)C)ccn2)cc1. The Morgan fingerprint density at radius 2 is 1.81 bits per heavy atom. The molecule has 1 heterocycles. The molecule has 0 fully saturated rings. The van der Waals surface area contributed by atoms with Gasteiger partial charge in [-0.2, -0.15) is 0 Å². The fraction of sp³-hybridized carbons (Fsp3) is 0.389. The number of pyridine rings is 1. The van der Waals surface area contributed by atoms with Crippen LogP contribution in [0.3, 0.4) is 0 Å². The first-order chi connectivity index (χ1) is 10.0. The van der Waals surface area contributed by atoms with Crippen molar-refractivity contribution in [3.8, 4) is 0 Å². The summed E-state index contributed by atoms with van der Waals surface area (Å²) in [5.74, 6) is 1.01. The van der Waals surface area contributed by atoms with Crippen LogP contribution in [0.5, 0.6) is 0 Å². The molecule has 0 radical (unpaired) electrons. The van der Waals surface area contributed by atoms with Gasteiger partial charge >= 0.3 is 0 Å². The van der Waals surface area contributed by atoms with Crippen LogP contribution in [0.15, 0.2) is 42.6 Å². The minimum Gasteiger partial charge on any atom is -0.355 e. The van der Waals surface area contributed by atoms with Gasteiger partial charge in [0.2, 0.25) is 0 Å². The molecular formula is C18H25N3. The molecule has 0 aliphatic heterocycles. The Labute approximate surface area is 128 Å². The topological polar surface area (TPSA) is 28.2 Å². The molecule has 3 heteroatoms. The van der Waals surface area contributed by atoms with Gasteiger partial charge in [-0.3, -0.25) is 0 Å². The first kappa shape index (κ1) is 15.5. The second-order valence-electron chi connectivity index (χ2n) is 5.90. The number of aryl methyl sites for hydroxylation is 1. The highest BCUT2D eigenvalue weighted by atomic mass is 15.2. The predicted octanol–water partition coefficient (Wildman–Crippen LogP) is 3.52. The van der Waals surface area contributed by atoms with Gasteiger partial charge in [-0.15, -0.1) is 0 Å². The lowest BCUT2D eigenvalue weighted by Crippen LogP contribution is -2.22. The van der Waals surface area contributed by atoms with Gasteiger partial charge in [0, 0.05) is 32.4 Å². The number of benzene rings is 1. The van der Waals surface area contributed by atoms with Crippen LogP contribution in [0.4, 0.5) is 5.82 Å². The summed E-state index contributed by atoms with van der Waals surface area (Å²) in [5.41, 5.74) is 3.86. The van der Waals surface area contributed by atoms with Gasteiger partial charge < -0.3 is 10.2 Å². The van der Waals surface area contributed by atoms with E-state index in [0.717, 1.165) is 18.9 Å². The first-order valence-electron chi connectivity index (χ1n) is 7.49. The smallest absolute Gasteiger partial charge is 0.128 e. The maximum absolute atomic E-state index is 4.48. The van der Waals surface area contributed by atoms with Crippen molar-refractivity contribution in [2.24, 2.45) is 0 Å². The Morgan fingerprint density at radius 1 is 1.10 bits per heavy atom. The van der Waals surface area contributed by atoms with Gasteiger partial charge in [-0.25, -0.2) is 4.98 Å². The lowest BCUT2D eigenvalue weighted by Gasteiger charge is -2.19. The Bertz CT molecular complexity index is 561. The van der Waals surface area contributed by atoms with Crippen LogP contribution >= 0.6 is 0 Å². The molecule has 112 valence electrons. The molecule has 0 saturated heterocycles. The molecule has 3 nitrogen and oxygen atoms in total. The first-order valence-corrected chi connectivity index (χ1v) is 7.49. The third-order valence-corrected chi connectivity index (χ3v) is 3.46. The molecule has 1 aromatic carbocycles. The highest BCUT2D eigenvalue weighted by molar-refractivity contribution is 5.41. The third-order valence-electron chi connectivity index (χ3n) is 3.46. The van der Waals surface area contributed by atoms with Crippen molar-refractivity contribution < 1.29 is 0 Å². The largest absolute Gasteiger partial charge is 0.355 e. The van der Waals surface area contributed by atoms with Crippen LogP contribution < -0.4 is 10.2 Å². The molecular weight excluding hydrogens is 258 g/mol. The van der Waals surface area contributed by atoms with Crippen LogP contribution in [-0.4, -0.2) is 18.1 Å². The lowest BCUT2D eigenvalue weighted by atomic mass is 10.1. The van der Waals surface area contributed by atoms with Crippen LogP contribution in [0.25, 0.3) is 0 Å². The summed E-state index contributed by atoms with van der Waals surface area (Å²) in [6.07, 6.45) is 1.89. The Balaban J connectivity index is 2.03. The Kier molecular flexibility index (Phi) is 5.34. The summed E-state index contributed by atoms with van der Waals surface area (Å²) < 4.78 is 0. The maximum atomic E-state index is 4.48. The monoisotopic (exact) mass is 283 g/mol. The zero-order valence-corrected chi connectivity index (χ0v) is 13.4. The number of hydrogen-bond acceptors (Lipinski definition) is 3. The van der Waals surface area contributed by atoms with Gasteiger partial charge in [0.1, 0.15) is 5.82 Å². The maximum Gasteiger partial charge on any atom is 0.128 e. The molecule has 0 amide bonds. The van der Waals surface area contributed by atoms with Crippen LogP contribution in [0.2, 0.25) is 0 Å². The minimum absolute atomic E-state index is 0.493. The van der Waals surface area contributed by atoms with E-state index in [4.69, 9.17) is 0 Å². The van der Waals surface area contributed by atoms with Crippen molar-refractivity contribution in [3.63, 3.8) is 0 Å². The van der Waals surface area contributed by atoms with Crippen LogP contribution in [-0.2, 0) is 13.1 Å². The molecule has 0 aliphatic carbocycles. The number of rotatable bonds is 6. The standard InChI is InChI=1S/C18H25N3/c1-14(2)20-12-17-9-10-19-18(11-17)21(4)13-16-7-5-15(3)6-8-16/h5-11,14,20H,12-13H2,1-4H3. The van der Waals surface area contributed by atoms with Gasteiger partial charge in [0.25, 0.3) is 0 Å². The van der Waals surface area contributed by atoms with E-state index in [1.807, 2.05) is 6.20 Å². The van der Waals surface area contributed by atoms with E-state index in [1.54, 1.807) is 0 Å². The summed E-state index contributed by atoms with van der Waals surface area (Å²) >= 11 is 0.